The molecule has 1 atom stereocenters. The highest BCUT2D eigenvalue weighted by Gasteiger charge is 2.35. The Bertz CT molecular complexity index is 833. The quantitative estimate of drug-likeness (QED) is 0.829. The molecule has 148 valence electrons. The van der Waals surface area contributed by atoms with E-state index in [0.717, 1.165) is 56.0 Å². The number of methoxy groups -OCH3 is 1. The minimum atomic E-state index is -0.0587. The molecule has 0 radical (unpaired) electrons. The van der Waals surface area contributed by atoms with E-state index in [1.54, 1.807) is 7.11 Å². The summed E-state index contributed by atoms with van der Waals surface area (Å²) in [6, 6.07) is 16.5. The van der Waals surface area contributed by atoms with Gasteiger partial charge in [0.25, 0.3) is 0 Å². The van der Waals surface area contributed by atoms with Crippen LogP contribution in [0.4, 0.5) is 0 Å². The van der Waals surface area contributed by atoms with Gasteiger partial charge in [-0.15, -0.1) is 0 Å². The molecule has 2 aliphatic heterocycles. The van der Waals surface area contributed by atoms with E-state index in [-0.39, 0.29) is 12.0 Å². The van der Waals surface area contributed by atoms with Crippen LogP contribution in [0.15, 0.2) is 54.1 Å². The molecule has 28 heavy (non-hydrogen) atoms. The summed E-state index contributed by atoms with van der Waals surface area (Å²) in [6.45, 7) is 3.72. The third kappa shape index (κ3) is 4.23. The van der Waals surface area contributed by atoms with Crippen LogP contribution in [0.5, 0.6) is 11.5 Å². The first-order valence-corrected chi connectivity index (χ1v) is 10.1. The van der Waals surface area contributed by atoms with E-state index in [2.05, 4.69) is 35.2 Å². The Morgan fingerprint density at radius 1 is 1.18 bits per heavy atom. The SMILES string of the molecule is COc1ccc2c(c1)C=C(CN1CCC[C@@](CO)(Cc3ccccc3)C1)CO2. The van der Waals surface area contributed by atoms with Gasteiger partial charge in [0.05, 0.1) is 13.7 Å². The first-order valence-electron chi connectivity index (χ1n) is 10.1. The number of likely N-dealkylation sites (tertiary alicyclic amines) is 1. The summed E-state index contributed by atoms with van der Waals surface area (Å²) in [5, 5.41) is 10.2. The van der Waals surface area contributed by atoms with E-state index < -0.39 is 0 Å². The summed E-state index contributed by atoms with van der Waals surface area (Å²) < 4.78 is 11.3. The normalized spacial score (nSPS) is 22.1. The Kier molecular flexibility index (Phi) is 5.69. The van der Waals surface area contributed by atoms with Gasteiger partial charge in [0.2, 0.25) is 0 Å². The van der Waals surface area contributed by atoms with Gasteiger partial charge < -0.3 is 14.6 Å². The molecule has 1 saturated heterocycles. The van der Waals surface area contributed by atoms with Crippen LogP contribution in [-0.4, -0.2) is 50.0 Å². The molecule has 0 amide bonds. The minimum absolute atomic E-state index is 0.0587. The summed E-state index contributed by atoms with van der Waals surface area (Å²) in [6.07, 6.45) is 5.35. The van der Waals surface area contributed by atoms with Crippen LogP contribution in [0.3, 0.4) is 0 Å². The first kappa shape index (κ1) is 19.0. The number of rotatable bonds is 6. The molecular weight excluding hydrogens is 350 g/mol. The zero-order valence-corrected chi connectivity index (χ0v) is 16.6. The van der Waals surface area contributed by atoms with Crippen LogP contribution >= 0.6 is 0 Å². The maximum absolute atomic E-state index is 10.2. The minimum Gasteiger partial charge on any atom is -0.497 e. The Morgan fingerprint density at radius 3 is 2.82 bits per heavy atom. The van der Waals surface area contributed by atoms with Crippen molar-refractivity contribution in [3.63, 3.8) is 0 Å². The lowest BCUT2D eigenvalue weighted by atomic mass is 9.75. The molecule has 4 rings (SSSR count). The van der Waals surface area contributed by atoms with E-state index in [0.29, 0.717) is 6.61 Å². The van der Waals surface area contributed by atoms with Crippen molar-refractivity contribution in [3.05, 3.63) is 65.2 Å². The first-order chi connectivity index (χ1) is 13.7. The fourth-order valence-electron chi connectivity index (χ4n) is 4.51. The third-order valence-electron chi connectivity index (χ3n) is 5.91. The number of nitrogens with zero attached hydrogens (tertiary/aromatic N) is 1. The van der Waals surface area contributed by atoms with Crippen LogP contribution in [0.2, 0.25) is 0 Å². The standard InChI is InChI=1S/C24H29NO3/c1-27-22-8-9-23-21(13-22)12-20(16-28-23)15-25-11-5-10-24(17-25,18-26)14-19-6-3-2-4-7-19/h2-4,6-9,12-13,26H,5,10-11,14-18H2,1H3/t24-/m1/s1. The molecule has 1 N–H and O–H groups in total. The lowest BCUT2D eigenvalue weighted by Crippen LogP contribution is -2.47. The second kappa shape index (κ2) is 8.38. The van der Waals surface area contributed by atoms with E-state index >= 15 is 0 Å². The largest absolute Gasteiger partial charge is 0.497 e. The topological polar surface area (TPSA) is 41.9 Å². The van der Waals surface area contributed by atoms with Gasteiger partial charge in [-0.2, -0.15) is 0 Å². The fraction of sp³-hybridized carbons (Fsp3) is 0.417. The molecule has 0 spiro atoms. The van der Waals surface area contributed by atoms with Gasteiger partial charge in [0.1, 0.15) is 18.1 Å². The molecule has 4 nitrogen and oxygen atoms in total. The third-order valence-corrected chi connectivity index (χ3v) is 5.91. The zero-order chi connectivity index (χ0) is 19.4. The van der Waals surface area contributed by atoms with Gasteiger partial charge in [0, 0.05) is 24.1 Å². The van der Waals surface area contributed by atoms with Crippen LogP contribution in [-0.2, 0) is 6.42 Å². The number of aliphatic hydroxyl groups excluding tert-OH is 1. The summed E-state index contributed by atoms with van der Waals surface area (Å²) in [4.78, 5) is 2.48. The van der Waals surface area contributed by atoms with Gasteiger partial charge in [-0.1, -0.05) is 30.3 Å². The predicted molar refractivity (Wildman–Crippen MR) is 112 cm³/mol. The number of benzene rings is 2. The zero-order valence-electron chi connectivity index (χ0n) is 16.6. The van der Waals surface area contributed by atoms with Crippen molar-refractivity contribution < 1.29 is 14.6 Å². The summed E-state index contributed by atoms with van der Waals surface area (Å²) in [7, 11) is 1.69. The maximum Gasteiger partial charge on any atom is 0.127 e. The van der Waals surface area contributed by atoms with E-state index in [1.807, 2.05) is 24.3 Å². The number of hydrogen-bond acceptors (Lipinski definition) is 4. The van der Waals surface area contributed by atoms with Crippen molar-refractivity contribution in [2.24, 2.45) is 5.41 Å². The molecule has 2 aromatic carbocycles. The summed E-state index contributed by atoms with van der Waals surface area (Å²) >= 11 is 0. The Morgan fingerprint density at radius 2 is 2.04 bits per heavy atom. The van der Waals surface area contributed by atoms with Crippen LogP contribution in [0, 0.1) is 5.41 Å². The molecule has 0 aliphatic carbocycles. The lowest BCUT2D eigenvalue weighted by molar-refractivity contribution is 0.0357. The Hall–Kier alpha value is -2.30. The maximum atomic E-state index is 10.2. The number of piperidine rings is 1. The second-order valence-electron chi connectivity index (χ2n) is 8.13. The van der Waals surface area contributed by atoms with Crippen LogP contribution in [0.25, 0.3) is 6.08 Å². The van der Waals surface area contributed by atoms with Crippen molar-refractivity contribution in [2.75, 3.05) is 40.0 Å². The van der Waals surface area contributed by atoms with Gasteiger partial charge >= 0.3 is 0 Å². The van der Waals surface area contributed by atoms with Crippen molar-refractivity contribution in [1.29, 1.82) is 0 Å². The molecule has 0 saturated carbocycles. The summed E-state index contributed by atoms with van der Waals surface area (Å²) in [5.41, 5.74) is 3.60. The van der Waals surface area contributed by atoms with Crippen molar-refractivity contribution in [1.82, 2.24) is 4.90 Å². The highest BCUT2D eigenvalue weighted by Crippen LogP contribution is 2.35. The molecule has 0 aromatic heterocycles. The second-order valence-corrected chi connectivity index (χ2v) is 8.13. The van der Waals surface area contributed by atoms with Crippen molar-refractivity contribution in [3.8, 4) is 11.5 Å². The van der Waals surface area contributed by atoms with Gasteiger partial charge in [-0.05, 0) is 61.2 Å². The number of fused-ring (bicyclic) bond motifs is 1. The average Bonchev–Trinajstić information content (AvgIpc) is 2.74. The summed E-state index contributed by atoms with van der Waals surface area (Å²) in [5.74, 6) is 1.76. The molecule has 4 heteroatoms. The van der Waals surface area contributed by atoms with Crippen molar-refractivity contribution in [2.45, 2.75) is 19.3 Å². The van der Waals surface area contributed by atoms with Crippen molar-refractivity contribution >= 4 is 6.08 Å². The van der Waals surface area contributed by atoms with E-state index in [1.165, 1.54) is 11.1 Å². The predicted octanol–water partition coefficient (Wildman–Crippen LogP) is 3.79. The number of ether oxygens (including phenoxy) is 2. The number of hydrogen-bond donors (Lipinski definition) is 1. The fourth-order valence-corrected chi connectivity index (χ4v) is 4.51. The molecule has 1 fully saturated rings. The van der Waals surface area contributed by atoms with E-state index in [4.69, 9.17) is 9.47 Å². The molecule has 2 aromatic rings. The molecular formula is C24H29NO3. The number of aliphatic hydroxyl groups is 1. The highest BCUT2D eigenvalue weighted by atomic mass is 16.5. The van der Waals surface area contributed by atoms with Crippen LogP contribution < -0.4 is 9.47 Å². The molecule has 0 unspecified atom stereocenters. The van der Waals surface area contributed by atoms with Gasteiger partial charge in [0.15, 0.2) is 0 Å². The van der Waals surface area contributed by atoms with E-state index in [9.17, 15) is 5.11 Å². The highest BCUT2D eigenvalue weighted by molar-refractivity contribution is 5.64. The molecule has 2 heterocycles. The van der Waals surface area contributed by atoms with Crippen LogP contribution in [0.1, 0.15) is 24.0 Å². The molecule has 2 aliphatic rings. The van der Waals surface area contributed by atoms with Gasteiger partial charge in [-0.3, -0.25) is 4.90 Å². The average molecular weight is 380 g/mol. The Balaban J connectivity index is 1.46. The monoisotopic (exact) mass is 379 g/mol. The molecule has 0 bridgehead atoms. The Labute approximate surface area is 167 Å². The van der Waals surface area contributed by atoms with Gasteiger partial charge in [-0.25, -0.2) is 0 Å². The lowest BCUT2D eigenvalue weighted by Gasteiger charge is -2.42. The smallest absolute Gasteiger partial charge is 0.127 e.